The average Bonchev–Trinajstić information content (AvgIpc) is 2.64. The number of nitrogens with two attached hydrogens (primary N) is 3. The summed E-state index contributed by atoms with van der Waals surface area (Å²) in [6.45, 7) is 1.69. The van der Waals surface area contributed by atoms with Crippen LogP contribution in [0.4, 0.5) is 0 Å². The second kappa shape index (κ2) is 11.5. The van der Waals surface area contributed by atoms with Crippen molar-refractivity contribution in [3.8, 4) is 5.75 Å². The predicted octanol–water partition coefficient (Wildman–Crippen LogP) is -1.61. The first-order valence-corrected chi connectivity index (χ1v) is 9.02. The number of benzene rings is 1. The molecule has 0 unspecified atom stereocenters. The molecule has 11 nitrogen and oxygen atoms in total. The summed E-state index contributed by atoms with van der Waals surface area (Å²) in [7, 11) is 0. The lowest BCUT2D eigenvalue weighted by Crippen LogP contribution is -2.54. The van der Waals surface area contributed by atoms with Crippen molar-refractivity contribution in [3.63, 3.8) is 0 Å². The topological polar surface area (TPSA) is 206 Å². The Morgan fingerprint density at radius 3 is 2.17 bits per heavy atom. The first kappa shape index (κ1) is 23.7. The molecule has 3 atom stereocenters. The first-order valence-electron chi connectivity index (χ1n) is 9.02. The normalized spacial score (nSPS) is 13.6. The number of phenols is 1. The number of aliphatic carboxylic acids is 1. The van der Waals surface area contributed by atoms with Gasteiger partial charge in [-0.05, 0) is 37.5 Å². The molecule has 1 aromatic carbocycles. The van der Waals surface area contributed by atoms with Gasteiger partial charge in [0.2, 0.25) is 11.8 Å². The van der Waals surface area contributed by atoms with Gasteiger partial charge in [-0.2, -0.15) is 0 Å². The Kier molecular flexibility index (Phi) is 9.39. The number of phenolic OH excluding ortho intramolecular Hbond substituents is 1. The fraction of sp³-hybridized carbons (Fsp3) is 0.444. The zero-order valence-electron chi connectivity index (χ0n) is 16.2. The van der Waals surface area contributed by atoms with Crippen LogP contribution in [0.1, 0.15) is 25.3 Å². The summed E-state index contributed by atoms with van der Waals surface area (Å²) in [5, 5.41) is 23.7. The molecule has 29 heavy (non-hydrogen) atoms. The highest BCUT2D eigenvalue weighted by Crippen LogP contribution is 2.12. The van der Waals surface area contributed by atoms with Crippen LogP contribution in [0.15, 0.2) is 29.3 Å². The van der Waals surface area contributed by atoms with Crippen molar-refractivity contribution in [2.45, 2.75) is 44.3 Å². The highest BCUT2D eigenvalue weighted by Gasteiger charge is 2.27. The smallest absolute Gasteiger partial charge is 0.326 e. The van der Waals surface area contributed by atoms with E-state index in [1.165, 1.54) is 19.1 Å². The third-order valence-corrected chi connectivity index (χ3v) is 3.98. The van der Waals surface area contributed by atoms with Gasteiger partial charge < -0.3 is 38.0 Å². The van der Waals surface area contributed by atoms with E-state index in [1.807, 2.05) is 0 Å². The van der Waals surface area contributed by atoms with Crippen LogP contribution in [0.25, 0.3) is 0 Å². The van der Waals surface area contributed by atoms with Gasteiger partial charge in [-0.15, -0.1) is 0 Å². The van der Waals surface area contributed by atoms with Crippen LogP contribution in [-0.4, -0.2) is 58.6 Å². The third kappa shape index (κ3) is 8.93. The number of carbonyl (C=O) groups is 3. The Labute approximate surface area is 168 Å². The van der Waals surface area contributed by atoms with Crippen LogP contribution < -0.4 is 27.8 Å². The number of carboxylic acid groups (broad SMARTS) is 1. The maximum atomic E-state index is 12.7. The van der Waals surface area contributed by atoms with Crippen LogP contribution in [-0.2, 0) is 20.8 Å². The summed E-state index contributed by atoms with van der Waals surface area (Å²) in [6.07, 6.45) is 0.528. The number of carboxylic acids is 1. The van der Waals surface area contributed by atoms with Crippen molar-refractivity contribution in [2.75, 3.05) is 6.54 Å². The lowest BCUT2D eigenvalue weighted by molar-refractivity contribution is -0.142. The molecule has 2 amide bonds. The monoisotopic (exact) mass is 408 g/mol. The molecule has 0 radical (unpaired) electrons. The van der Waals surface area contributed by atoms with Crippen molar-refractivity contribution in [1.82, 2.24) is 10.6 Å². The number of hydrogen-bond acceptors (Lipinski definition) is 6. The number of guanidine groups is 1. The van der Waals surface area contributed by atoms with E-state index in [0.717, 1.165) is 0 Å². The molecule has 0 aliphatic heterocycles. The molecule has 0 fully saturated rings. The fourth-order valence-electron chi connectivity index (χ4n) is 2.41. The molecule has 0 spiro atoms. The maximum Gasteiger partial charge on any atom is 0.326 e. The highest BCUT2D eigenvalue weighted by atomic mass is 16.4. The van der Waals surface area contributed by atoms with Gasteiger partial charge in [-0.3, -0.25) is 14.6 Å². The molecular weight excluding hydrogens is 380 g/mol. The molecule has 0 aliphatic carbocycles. The highest BCUT2D eigenvalue weighted by molar-refractivity contribution is 5.91. The number of carbonyl (C=O) groups excluding carboxylic acids is 2. The second-order valence-corrected chi connectivity index (χ2v) is 6.57. The van der Waals surface area contributed by atoms with Crippen LogP contribution in [0.3, 0.4) is 0 Å². The summed E-state index contributed by atoms with van der Waals surface area (Å²) in [5.74, 6) is -2.48. The van der Waals surface area contributed by atoms with E-state index in [9.17, 15) is 24.6 Å². The maximum absolute atomic E-state index is 12.7. The summed E-state index contributed by atoms with van der Waals surface area (Å²) in [6, 6.07) is 3.02. The molecule has 0 saturated carbocycles. The van der Waals surface area contributed by atoms with Crippen LogP contribution in [0.2, 0.25) is 0 Å². The van der Waals surface area contributed by atoms with E-state index in [-0.39, 0.29) is 31.1 Å². The van der Waals surface area contributed by atoms with Gasteiger partial charge in [0.1, 0.15) is 17.8 Å². The van der Waals surface area contributed by atoms with Crippen molar-refractivity contribution in [2.24, 2.45) is 22.2 Å². The van der Waals surface area contributed by atoms with Crippen molar-refractivity contribution in [3.05, 3.63) is 29.8 Å². The predicted molar refractivity (Wildman–Crippen MR) is 107 cm³/mol. The molecular formula is C18H28N6O5. The minimum absolute atomic E-state index is 0.0566. The molecule has 0 heterocycles. The molecule has 0 aromatic heterocycles. The Morgan fingerprint density at radius 2 is 1.66 bits per heavy atom. The summed E-state index contributed by atoms with van der Waals surface area (Å²) in [4.78, 5) is 39.9. The number of hydrogen-bond donors (Lipinski definition) is 7. The average molecular weight is 408 g/mol. The van der Waals surface area contributed by atoms with Gasteiger partial charge in [0.25, 0.3) is 0 Å². The number of nitrogens with zero attached hydrogens (tertiary/aromatic N) is 1. The zero-order chi connectivity index (χ0) is 22.0. The number of nitrogens with one attached hydrogen (secondary N) is 2. The summed E-state index contributed by atoms with van der Waals surface area (Å²) >= 11 is 0. The second-order valence-electron chi connectivity index (χ2n) is 6.57. The van der Waals surface area contributed by atoms with Gasteiger partial charge in [0, 0.05) is 13.0 Å². The van der Waals surface area contributed by atoms with Gasteiger partial charge in [0.15, 0.2) is 5.96 Å². The van der Waals surface area contributed by atoms with Gasteiger partial charge in [-0.25, -0.2) is 4.79 Å². The van der Waals surface area contributed by atoms with E-state index >= 15 is 0 Å². The largest absolute Gasteiger partial charge is 0.508 e. The molecule has 0 bridgehead atoms. The summed E-state index contributed by atoms with van der Waals surface area (Å²) in [5.41, 5.74) is 16.6. The SMILES string of the molecule is C[C@H](N)C(=O)N[C@@H](Cc1ccc(O)cc1)C(=O)N[C@@H](CCCN=C(N)N)C(=O)O. The Morgan fingerprint density at radius 1 is 1.07 bits per heavy atom. The van der Waals surface area contributed by atoms with E-state index < -0.39 is 35.9 Å². The number of amides is 2. The van der Waals surface area contributed by atoms with Crippen molar-refractivity contribution < 1.29 is 24.6 Å². The lowest BCUT2D eigenvalue weighted by atomic mass is 10.0. The van der Waals surface area contributed by atoms with E-state index in [0.29, 0.717) is 12.0 Å². The van der Waals surface area contributed by atoms with Crippen LogP contribution in [0.5, 0.6) is 5.75 Å². The Hall–Kier alpha value is -3.34. The van der Waals surface area contributed by atoms with Gasteiger partial charge in [0.05, 0.1) is 6.04 Å². The lowest BCUT2D eigenvalue weighted by Gasteiger charge is -2.22. The van der Waals surface area contributed by atoms with E-state index in [4.69, 9.17) is 17.2 Å². The molecule has 0 saturated heterocycles. The van der Waals surface area contributed by atoms with Crippen molar-refractivity contribution >= 4 is 23.7 Å². The standard InChI is InChI=1S/C18H28N6O5/c1-10(19)15(26)24-14(9-11-4-6-12(25)7-5-11)16(27)23-13(17(28)29)3-2-8-22-18(20)21/h4-7,10,13-14,25H,2-3,8-9,19H2,1H3,(H,23,27)(H,24,26)(H,28,29)(H4,20,21,22)/t10-,13-,14-/m0/s1. The van der Waals surface area contributed by atoms with Crippen LogP contribution in [0, 0.1) is 0 Å². The first-order chi connectivity index (χ1) is 13.6. The van der Waals surface area contributed by atoms with E-state index in [1.54, 1.807) is 12.1 Å². The number of rotatable bonds is 11. The zero-order valence-corrected chi connectivity index (χ0v) is 16.2. The summed E-state index contributed by atoms with van der Waals surface area (Å²) < 4.78 is 0. The molecule has 11 heteroatoms. The molecule has 0 aliphatic rings. The molecule has 1 aromatic rings. The van der Waals surface area contributed by atoms with E-state index in [2.05, 4.69) is 15.6 Å². The van der Waals surface area contributed by atoms with Gasteiger partial charge in [-0.1, -0.05) is 12.1 Å². The fourth-order valence-corrected chi connectivity index (χ4v) is 2.41. The number of aromatic hydroxyl groups is 1. The van der Waals surface area contributed by atoms with Gasteiger partial charge >= 0.3 is 5.97 Å². The van der Waals surface area contributed by atoms with Crippen molar-refractivity contribution in [1.29, 1.82) is 0 Å². The Bertz CT molecular complexity index is 731. The molecule has 1 rings (SSSR count). The minimum atomic E-state index is -1.22. The third-order valence-electron chi connectivity index (χ3n) is 3.98. The molecule has 160 valence electrons. The number of aliphatic imine (C=N–C) groups is 1. The molecule has 10 N–H and O–H groups in total. The Balaban J connectivity index is 2.86. The quantitative estimate of drug-likeness (QED) is 0.128. The minimum Gasteiger partial charge on any atom is -0.508 e. The van der Waals surface area contributed by atoms with Crippen LogP contribution >= 0.6 is 0 Å².